The Hall–Kier alpha value is -0.650. The van der Waals surface area contributed by atoms with Crippen molar-refractivity contribution in [3.63, 3.8) is 0 Å². The van der Waals surface area contributed by atoms with E-state index in [0.29, 0.717) is 0 Å². The molecule has 0 amide bonds. The first-order valence-electron chi connectivity index (χ1n) is 7.03. The van der Waals surface area contributed by atoms with E-state index in [4.69, 9.17) is 24.9 Å². The molecule has 0 unspecified atom stereocenters. The third-order valence-electron chi connectivity index (χ3n) is 1.88. The van der Waals surface area contributed by atoms with Crippen LogP contribution in [0.5, 0.6) is 0 Å². The molecule has 0 aliphatic heterocycles. The van der Waals surface area contributed by atoms with Gasteiger partial charge in [-0.05, 0) is 19.8 Å². The average molecular weight is 279 g/mol. The molecule has 5 heteroatoms. The fourth-order valence-electron chi connectivity index (χ4n) is 1.01. The second-order valence-electron chi connectivity index (χ2n) is 3.97. The molecule has 0 heterocycles. The minimum absolute atomic E-state index is 0.125. The van der Waals surface area contributed by atoms with Gasteiger partial charge in [-0.25, -0.2) is 0 Å². The molecule has 0 saturated heterocycles. The predicted molar refractivity (Wildman–Crippen MR) is 74.7 cm³/mol. The Morgan fingerprint density at radius 1 is 0.947 bits per heavy atom. The maximum Gasteiger partial charge on any atom is 0.0662 e. The van der Waals surface area contributed by atoms with Crippen LogP contribution in [0.2, 0.25) is 0 Å². The van der Waals surface area contributed by atoms with Crippen molar-refractivity contribution in [3.05, 3.63) is 0 Å². The monoisotopic (exact) mass is 279 g/mol. The van der Waals surface area contributed by atoms with E-state index in [2.05, 4.69) is 13.8 Å². The number of hydrogen-bond acceptors (Lipinski definition) is 5. The maximum absolute atomic E-state index is 8.89. The Morgan fingerprint density at radius 3 is 1.47 bits per heavy atom. The number of aliphatic hydroxyl groups excluding tert-OH is 2. The van der Waals surface area contributed by atoms with Crippen LogP contribution in [0.15, 0.2) is 0 Å². The summed E-state index contributed by atoms with van der Waals surface area (Å²) in [6.07, 6.45) is 7.68. The Balaban J connectivity index is -0.000000264. The first-order valence-corrected chi connectivity index (χ1v) is 7.03. The topological polar surface area (TPSA) is 89.8 Å². The van der Waals surface area contributed by atoms with Crippen molar-refractivity contribution >= 4 is 5.97 Å². The SMILES string of the molecule is CC(=O)[O-].CCCCCOCCCCC.OCCO. The summed E-state index contributed by atoms with van der Waals surface area (Å²) < 4.78 is 5.44. The number of aliphatic hydroxyl groups is 2. The average Bonchev–Trinajstić information content (AvgIpc) is 2.37. The first kappa shape index (κ1) is 23.4. The second kappa shape index (κ2) is 26.0. The first-order chi connectivity index (χ1) is 9.06. The number of unbranched alkanes of at least 4 members (excludes halogenated alkanes) is 4. The summed E-state index contributed by atoms with van der Waals surface area (Å²) in [7, 11) is 0. The van der Waals surface area contributed by atoms with Crippen molar-refractivity contribution < 1.29 is 24.9 Å². The highest BCUT2D eigenvalue weighted by atomic mass is 16.5. The van der Waals surface area contributed by atoms with Crippen LogP contribution in [-0.4, -0.2) is 42.6 Å². The highest BCUT2D eigenvalue weighted by molar-refractivity contribution is 5.60. The van der Waals surface area contributed by atoms with Crippen molar-refractivity contribution in [1.82, 2.24) is 0 Å². The minimum atomic E-state index is -1.08. The molecule has 0 fully saturated rings. The van der Waals surface area contributed by atoms with Gasteiger partial charge in [0.2, 0.25) is 0 Å². The number of carbonyl (C=O) groups is 1. The van der Waals surface area contributed by atoms with Gasteiger partial charge in [0.1, 0.15) is 0 Å². The molecule has 0 aromatic carbocycles. The van der Waals surface area contributed by atoms with Crippen molar-refractivity contribution in [2.45, 2.75) is 59.3 Å². The lowest BCUT2D eigenvalue weighted by atomic mass is 10.2. The van der Waals surface area contributed by atoms with Crippen molar-refractivity contribution in [3.8, 4) is 0 Å². The van der Waals surface area contributed by atoms with Crippen LogP contribution in [-0.2, 0) is 9.53 Å². The van der Waals surface area contributed by atoms with Crippen molar-refractivity contribution in [2.24, 2.45) is 0 Å². The molecular weight excluding hydrogens is 248 g/mol. The van der Waals surface area contributed by atoms with Crippen LogP contribution < -0.4 is 5.11 Å². The number of aliphatic carboxylic acids is 1. The Bertz CT molecular complexity index is 137. The molecule has 0 atom stereocenters. The zero-order chi connectivity index (χ0) is 15.4. The van der Waals surface area contributed by atoms with Crippen LogP contribution in [0.25, 0.3) is 0 Å². The van der Waals surface area contributed by atoms with E-state index in [1.807, 2.05) is 0 Å². The molecule has 19 heavy (non-hydrogen) atoms. The molecule has 0 aliphatic carbocycles. The van der Waals surface area contributed by atoms with Gasteiger partial charge in [0.05, 0.1) is 13.2 Å². The van der Waals surface area contributed by atoms with E-state index in [-0.39, 0.29) is 13.2 Å². The van der Waals surface area contributed by atoms with Gasteiger partial charge in [0.25, 0.3) is 0 Å². The van der Waals surface area contributed by atoms with Crippen LogP contribution in [0.1, 0.15) is 59.3 Å². The minimum Gasteiger partial charge on any atom is -0.550 e. The number of carbonyl (C=O) groups excluding carboxylic acids is 1. The third kappa shape index (κ3) is 58.6. The molecule has 0 aromatic rings. The van der Waals surface area contributed by atoms with E-state index >= 15 is 0 Å². The summed E-state index contributed by atoms with van der Waals surface area (Å²) in [6, 6.07) is 0. The van der Waals surface area contributed by atoms with Gasteiger partial charge in [0, 0.05) is 19.2 Å². The van der Waals surface area contributed by atoms with Crippen LogP contribution >= 0.6 is 0 Å². The zero-order valence-corrected chi connectivity index (χ0v) is 12.7. The number of ether oxygens (including phenoxy) is 1. The van der Waals surface area contributed by atoms with Crippen LogP contribution in [0, 0.1) is 0 Å². The molecule has 0 radical (unpaired) electrons. The molecular formula is C14H31O5-. The van der Waals surface area contributed by atoms with Gasteiger partial charge in [-0.15, -0.1) is 0 Å². The van der Waals surface area contributed by atoms with E-state index in [1.54, 1.807) is 0 Å². The maximum atomic E-state index is 8.89. The number of carboxylic acid groups (broad SMARTS) is 1. The normalized spacial score (nSPS) is 8.89. The second-order valence-corrected chi connectivity index (χ2v) is 3.97. The Morgan fingerprint density at radius 2 is 1.26 bits per heavy atom. The molecule has 0 spiro atoms. The van der Waals surface area contributed by atoms with E-state index in [1.165, 1.54) is 38.5 Å². The largest absolute Gasteiger partial charge is 0.550 e. The standard InChI is InChI=1S/C10H22O.C2H4O2.C2H6O2/c1-3-5-7-9-11-10-8-6-4-2;1-2(3)4;3-1-2-4/h3-10H2,1-2H3;1H3,(H,3,4);3-4H,1-2H2/p-1. The zero-order valence-electron chi connectivity index (χ0n) is 12.7. The predicted octanol–water partition coefficient (Wildman–Crippen LogP) is 1.11. The molecule has 5 nitrogen and oxygen atoms in total. The fourth-order valence-corrected chi connectivity index (χ4v) is 1.01. The summed E-state index contributed by atoms with van der Waals surface area (Å²) in [5, 5.41) is 24.1. The molecule has 0 bridgehead atoms. The summed E-state index contributed by atoms with van der Waals surface area (Å²) >= 11 is 0. The van der Waals surface area contributed by atoms with Crippen molar-refractivity contribution in [1.29, 1.82) is 0 Å². The lowest BCUT2D eigenvalue weighted by Crippen LogP contribution is -2.16. The van der Waals surface area contributed by atoms with Gasteiger partial charge < -0.3 is 24.9 Å². The lowest BCUT2D eigenvalue weighted by molar-refractivity contribution is -0.302. The number of hydrogen-bond donors (Lipinski definition) is 2. The van der Waals surface area contributed by atoms with E-state index < -0.39 is 5.97 Å². The number of carboxylic acids is 1. The summed E-state index contributed by atoms with van der Waals surface area (Å²) in [4.78, 5) is 8.89. The summed E-state index contributed by atoms with van der Waals surface area (Å²) in [5.41, 5.74) is 0. The van der Waals surface area contributed by atoms with Gasteiger partial charge in [-0.1, -0.05) is 39.5 Å². The summed E-state index contributed by atoms with van der Waals surface area (Å²) in [5.74, 6) is -1.08. The molecule has 0 rings (SSSR count). The molecule has 0 saturated carbocycles. The summed E-state index contributed by atoms with van der Waals surface area (Å²) in [6.45, 7) is 7.10. The third-order valence-corrected chi connectivity index (χ3v) is 1.88. The van der Waals surface area contributed by atoms with Crippen molar-refractivity contribution in [2.75, 3.05) is 26.4 Å². The lowest BCUT2D eigenvalue weighted by Gasteiger charge is -2.01. The Labute approximate surface area is 117 Å². The van der Waals surface area contributed by atoms with Crippen LogP contribution in [0.3, 0.4) is 0 Å². The highest BCUT2D eigenvalue weighted by Gasteiger charge is 1.88. The van der Waals surface area contributed by atoms with E-state index in [0.717, 1.165) is 20.1 Å². The fraction of sp³-hybridized carbons (Fsp3) is 0.929. The molecule has 2 N–H and O–H groups in total. The van der Waals surface area contributed by atoms with Gasteiger partial charge >= 0.3 is 0 Å². The van der Waals surface area contributed by atoms with Gasteiger partial charge in [-0.3, -0.25) is 0 Å². The van der Waals surface area contributed by atoms with Crippen LogP contribution in [0.4, 0.5) is 0 Å². The quantitative estimate of drug-likeness (QED) is 0.617. The van der Waals surface area contributed by atoms with Gasteiger partial charge in [0.15, 0.2) is 0 Å². The molecule has 118 valence electrons. The van der Waals surface area contributed by atoms with Gasteiger partial charge in [-0.2, -0.15) is 0 Å². The smallest absolute Gasteiger partial charge is 0.0662 e. The highest BCUT2D eigenvalue weighted by Crippen LogP contribution is 1.97. The van der Waals surface area contributed by atoms with E-state index in [9.17, 15) is 0 Å². The molecule has 0 aromatic heterocycles. The Kier molecular flexibility index (Phi) is 32.1. The molecule has 0 aliphatic rings. The number of rotatable bonds is 9.